The van der Waals surface area contributed by atoms with Gasteiger partial charge in [-0.2, -0.15) is 0 Å². The van der Waals surface area contributed by atoms with Crippen molar-refractivity contribution in [1.29, 1.82) is 0 Å². The van der Waals surface area contributed by atoms with Gasteiger partial charge in [-0.25, -0.2) is 9.97 Å². The van der Waals surface area contributed by atoms with Gasteiger partial charge in [0.1, 0.15) is 11.4 Å². The molecule has 0 aliphatic rings. The van der Waals surface area contributed by atoms with Crippen LogP contribution in [-0.4, -0.2) is 29.5 Å². The number of carbonyl (C=O) groups is 1. The summed E-state index contributed by atoms with van der Waals surface area (Å²) in [6.45, 7) is 4.62. The lowest BCUT2D eigenvalue weighted by Gasteiger charge is -2.09. The first kappa shape index (κ1) is 19.4. The Morgan fingerprint density at radius 2 is 1.93 bits per heavy atom. The average molecular weight is 376 g/mol. The van der Waals surface area contributed by atoms with Crippen molar-refractivity contribution in [3.63, 3.8) is 0 Å². The van der Waals surface area contributed by atoms with Crippen LogP contribution in [0.4, 0.5) is 11.6 Å². The minimum atomic E-state index is -0.228. The van der Waals surface area contributed by atoms with Crippen molar-refractivity contribution >= 4 is 17.5 Å². The number of amides is 1. The van der Waals surface area contributed by atoms with Crippen LogP contribution < -0.4 is 15.4 Å². The molecule has 3 aromatic rings. The second-order valence-corrected chi connectivity index (χ2v) is 6.55. The lowest BCUT2D eigenvalue weighted by Crippen LogP contribution is -2.26. The van der Waals surface area contributed by atoms with E-state index in [0.29, 0.717) is 24.6 Å². The third kappa shape index (κ3) is 5.07. The molecular weight excluding hydrogens is 352 g/mol. The van der Waals surface area contributed by atoms with Gasteiger partial charge in [0.05, 0.1) is 7.11 Å². The third-order valence-electron chi connectivity index (χ3n) is 4.48. The van der Waals surface area contributed by atoms with Crippen LogP contribution in [0, 0.1) is 13.8 Å². The van der Waals surface area contributed by atoms with Crippen molar-refractivity contribution < 1.29 is 9.53 Å². The van der Waals surface area contributed by atoms with Crippen LogP contribution in [0.2, 0.25) is 0 Å². The predicted octanol–water partition coefficient (Wildman–Crippen LogP) is 3.82. The molecule has 0 bridgehead atoms. The van der Waals surface area contributed by atoms with Gasteiger partial charge in [0, 0.05) is 18.4 Å². The molecule has 0 fully saturated rings. The van der Waals surface area contributed by atoms with E-state index in [9.17, 15) is 4.79 Å². The molecule has 1 heterocycles. The number of hydrogen-bond acceptors (Lipinski definition) is 5. The van der Waals surface area contributed by atoms with Gasteiger partial charge in [-0.05, 0) is 67.3 Å². The van der Waals surface area contributed by atoms with Crippen LogP contribution in [0.25, 0.3) is 0 Å². The van der Waals surface area contributed by atoms with Gasteiger partial charge < -0.3 is 15.4 Å². The number of aryl methyl sites for hydroxylation is 2. The van der Waals surface area contributed by atoms with Crippen LogP contribution in [0.1, 0.15) is 27.2 Å². The van der Waals surface area contributed by atoms with E-state index in [1.54, 1.807) is 19.4 Å². The van der Waals surface area contributed by atoms with Gasteiger partial charge in [0.15, 0.2) is 0 Å². The van der Waals surface area contributed by atoms with Crippen molar-refractivity contribution in [2.45, 2.75) is 20.3 Å². The lowest BCUT2D eigenvalue weighted by molar-refractivity contribution is 0.0949. The van der Waals surface area contributed by atoms with Crippen molar-refractivity contribution in [2.24, 2.45) is 0 Å². The monoisotopic (exact) mass is 376 g/mol. The highest BCUT2D eigenvalue weighted by Gasteiger charge is 2.09. The Labute approximate surface area is 165 Å². The molecule has 0 unspecified atom stereocenters. The summed E-state index contributed by atoms with van der Waals surface area (Å²) in [5.41, 5.74) is 4.71. The maximum Gasteiger partial charge on any atom is 0.270 e. The molecule has 144 valence electrons. The highest BCUT2D eigenvalue weighted by molar-refractivity contribution is 5.92. The largest absolute Gasteiger partial charge is 0.497 e. The van der Waals surface area contributed by atoms with Gasteiger partial charge in [0.25, 0.3) is 5.91 Å². The Kier molecular flexibility index (Phi) is 6.22. The van der Waals surface area contributed by atoms with E-state index >= 15 is 0 Å². The fourth-order valence-electron chi connectivity index (χ4n) is 2.73. The zero-order chi connectivity index (χ0) is 19.9. The Hall–Kier alpha value is -3.41. The summed E-state index contributed by atoms with van der Waals surface area (Å²) in [6, 6.07) is 15.4. The Balaban J connectivity index is 1.59. The number of nitrogens with one attached hydrogen (secondary N) is 2. The maximum atomic E-state index is 12.4. The molecule has 28 heavy (non-hydrogen) atoms. The predicted molar refractivity (Wildman–Crippen MR) is 110 cm³/mol. The Morgan fingerprint density at radius 3 is 2.71 bits per heavy atom. The van der Waals surface area contributed by atoms with Gasteiger partial charge in [-0.3, -0.25) is 4.79 Å². The summed E-state index contributed by atoms with van der Waals surface area (Å²) >= 11 is 0. The summed E-state index contributed by atoms with van der Waals surface area (Å²) in [4.78, 5) is 20.9. The van der Waals surface area contributed by atoms with Gasteiger partial charge in [-0.1, -0.05) is 18.2 Å². The number of ether oxygens (including phenoxy) is 1. The highest BCUT2D eigenvalue weighted by atomic mass is 16.5. The number of methoxy groups -OCH3 is 1. The Bertz CT molecular complexity index is 972. The summed E-state index contributed by atoms with van der Waals surface area (Å²) < 4.78 is 5.22. The van der Waals surface area contributed by atoms with Crippen molar-refractivity contribution in [1.82, 2.24) is 15.3 Å². The second kappa shape index (κ2) is 8.99. The summed E-state index contributed by atoms with van der Waals surface area (Å²) in [5, 5.41) is 6.04. The number of carbonyl (C=O) groups excluding carboxylic acids is 1. The van der Waals surface area contributed by atoms with Gasteiger partial charge >= 0.3 is 0 Å². The van der Waals surface area contributed by atoms with Crippen LogP contribution >= 0.6 is 0 Å². The van der Waals surface area contributed by atoms with E-state index in [2.05, 4.69) is 27.5 Å². The van der Waals surface area contributed by atoms with Crippen LogP contribution in [0.5, 0.6) is 5.75 Å². The van der Waals surface area contributed by atoms with Gasteiger partial charge in [-0.15, -0.1) is 0 Å². The van der Waals surface area contributed by atoms with Crippen molar-refractivity contribution in [3.05, 3.63) is 77.1 Å². The average Bonchev–Trinajstić information content (AvgIpc) is 2.71. The number of anilines is 2. The molecule has 6 heteroatoms. The van der Waals surface area contributed by atoms with E-state index in [1.807, 2.05) is 49.4 Å². The van der Waals surface area contributed by atoms with Crippen molar-refractivity contribution in [2.75, 3.05) is 19.0 Å². The number of aromatic nitrogens is 2. The first-order chi connectivity index (χ1) is 13.5. The minimum Gasteiger partial charge on any atom is -0.497 e. The molecule has 2 N–H and O–H groups in total. The minimum absolute atomic E-state index is 0.228. The number of nitrogens with zero attached hydrogens (tertiary/aromatic N) is 2. The molecule has 3 rings (SSSR count). The molecule has 0 saturated carbocycles. The SMILES string of the molecule is COc1cccc(CCNC(=O)c2ccnc(Nc3ccc(C)c(C)c3)n2)c1. The van der Waals surface area contributed by atoms with E-state index in [1.165, 1.54) is 11.1 Å². The fraction of sp³-hybridized carbons (Fsp3) is 0.227. The smallest absolute Gasteiger partial charge is 0.270 e. The molecule has 0 aliphatic heterocycles. The molecular formula is C22H24N4O2. The van der Waals surface area contributed by atoms with Crippen LogP contribution in [0.15, 0.2) is 54.7 Å². The molecule has 0 aliphatic carbocycles. The first-order valence-corrected chi connectivity index (χ1v) is 9.13. The summed E-state index contributed by atoms with van der Waals surface area (Å²) in [7, 11) is 1.64. The normalized spacial score (nSPS) is 10.4. The van der Waals surface area contributed by atoms with Crippen LogP contribution in [-0.2, 0) is 6.42 Å². The first-order valence-electron chi connectivity index (χ1n) is 9.13. The molecule has 2 aromatic carbocycles. The van der Waals surface area contributed by atoms with Gasteiger partial charge in [0.2, 0.25) is 5.95 Å². The lowest BCUT2D eigenvalue weighted by atomic mass is 10.1. The number of rotatable bonds is 7. The summed E-state index contributed by atoms with van der Waals surface area (Å²) in [5.74, 6) is 0.971. The topological polar surface area (TPSA) is 76.1 Å². The molecule has 1 aromatic heterocycles. The summed E-state index contributed by atoms with van der Waals surface area (Å²) in [6.07, 6.45) is 2.29. The van der Waals surface area contributed by atoms with Crippen LogP contribution in [0.3, 0.4) is 0 Å². The third-order valence-corrected chi connectivity index (χ3v) is 4.48. The zero-order valence-electron chi connectivity index (χ0n) is 16.3. The van der Waals surface area contributed by atoms with E-state index in [4.69, 9.17) is 4.74 Å². The van der Waals surface area contributed by atoms with Crippen molar-refractivity contribution in [3.8, 4) is 5.75 Å². The number of hydrogen-bond donors (Lipinski definition) is 2. The van der Waals surface area contributed by atoms with E-state index < -0.39 is 0 Å². The maximum absolute atomic E-state index is 12.4. The molecule has 6 nitrogen and oxygen atoms in total. The standard InChI is InChI=1S/C22H24N4O2/c1-15-7-8-18(13-16(15)2)25-22-24-12-10-20(26-22)21(27)23-11-9-17-5-4-6-19(14-17)28-3/h4-8,10,12-14H,9,11H2,1-3H3,(H,23,27)(H,24,25,26). The molecule has 0 atom stereocenters. The fourth-order valence-corrected chi connectivity index (χ4v) is 2.73. The molecule has 0 spiro atoms. The zero-order valence-corrected chi connectivity index (χ0v) is 16.3. The van der Waals surface area contributed by atoms with E-state index in [-0.39, 0.29) is 5.91 Å². The van der Waals surface area contributed by atoms with E-state index in [0.717, 1.165) is 17.0 Å². The molecule has 0 saturated heterocycles. The molecule has 0 radical (unpaired) electrons. The molecule has 1 amide bonds. The quantitative estimate of drug-likeness (QED) is 0.656. The number of benzene rings is 2. The Morgan fingerprint density at radius 1 is 1.07 bits per heavy atom. The second-order valence-electron chi connectivity index (χ2n) is 6.55. The highest BCUT2D eigenvalue weighted by Crippen LogP contribution is 2.17.